The van der Waals surface area contributed by atoms with Crippen molar-refractivity contribution in [2.75, 3.05) is 7.11 Å². The lowest BCUT2D eigenvalue weighted by atomic mass is 10.0. The molecule has 1 aliphatic rings. The highest BCUT2D eigenvalue weighted by Gasteiger charge is 2.06. The molecule has 0 N–H and O–H groups in total. The minimum atomic E-state index is 0.911. The number of hydrogen-bond donors (Lipinski definition) is 0. The Labute approximate surface area is 84.7 Å². The van der Waals surface area contributed by atoms with Crippen LogP contribution in [-0.2, 0) is 0 Å². The second kappa shape index (κ2) is 3.70. The first kappa shape index (κ1) is 9.07. The Morgan fingerprint density at radius 2 is 1.86 bits per heavy atom. The first-order chi connectivity index (χ1) is 6.81. The Bertz CT molecular complexity index is 382. The molecule has 1 aromatic carbocycles. The standard InChI is InChI=1S/C13H14O/c1-10-4-3-5-13(10)11-6-8-12(14-2)9-7-11/h3,5-9H,4H2,1-2H3. The molecule has 1 aliphatic carbocycles. The molecule has 0 radical (unpaired) electrons. The van der Waals surface area contributed by atoms with Crippen molar-refractivity contribution < 1.29 is 4.74 Å². The molecule has 1 nitrogen and oxygen atoms in total. The van der Waals surface area contributed by atoms with Crippen molar-refractivity contribution in [2.24, 2.45) is 0 Å². The van der Waals surface area contributed by atoms with Gasteiger partial charge < -0.3 is 4.74 Å². The Morgan fingerprint density at radius 3 is 2.36 bits per heavy atom. The van der Waals surface area contributed by atoms with E-state index in [0.29, 0.717) is 0 Å². The Balaban J connectivity index is 2.34. The number of hydrogen-bond acceptors (Lipinski definition) is 1. The van der Waals surface area contributed by atoms with Gasteiger partial charge in [-0.15, -0.1) is 0 Å². The van der Waals surface area contributed by atoms with E-state index in [9.17, 15) is 0 Å². The second-order valence-corrected chi connectivity index (χ2v) is 3.53. The zero-order chi connectivity index (χ0) is 9.97. The molecule has 2 rings (SSSR count). The molecule has 0 aliphatic heterocycles. The summed E-state index contributed by atoms with van der Waals surface area (Å²) in [7, 11) is 1.69. The van der Waals surface area contributed by atoms with Crippen molar-refractivity contribution in [1.29, 1.82) is 0 Å². The van der Waals surface area contributed by atoms with Crippen molar-refractivity contribution in [3.05, 3.63) is 47.6 Å². The molecule has 0 bridgehead atoms. The van der Waals surface area contributed by atoms with Crippen molar-refractivity contribution in [3.8, 4) is 5.75 Å². The van der Waals surface area contributed by atoms with Crippen LogP contribution < -0.4 is 4.74 Å². The molecular weight excluding hydrogens is 172 g/mol. The summed E-state index contributed by atoms with van der Waals surface area (Å²) in [6, 6.07) is 8.21. The van der Waals surface area contributed by atoms with Gasteiger partial charge in [-0.3, -0.25) is 0 Å². The van der Waals surface area contributed by atoms with Crippen LogP contribution in [-0.4, -0.2) is 7.11 Å². The highest BCUT2D eigenvalue weighted by Crippen LogP contribution is 2.28. The Hall–Kier alpha value is -1.50. The van der Waals surface area contributed by atoms with E-state index in [1.165, 1.54) is 16.7 Å². The summed E-state index contributed by atoms with van der Waals surface area (Å²) in [5.74, 6) is 0.911. The SMILES string of the molecule is COc1ccc(C2=C(C)CC=C2)cc1. The van der Waals surface area contributed by atoms with Gasteiger partial charge >= 0.3 is 0 Å². The fraction of sp³-hybridized carbons (Fsp3) is 0.231. The number of benzene rings is 1. The average molecular weight is 186 g/mol. The molecule has 0 saturated carbocycles. The van der Waals surface area contributed by atoms with E-state index >= 15 is 0 Å². The maximum absolute atomic E-state index is 5.12. The van der Waals surface area contributed by atoms with E-state index in [-0.39, 0.29) is 0 Å². The van der Waals surface area contributed by atoms with E-state index in [4.69, 9.17) is 4.74 Å². The third kappa shape index (κ3) is 1.58. The lowest BCUT2D eigenvalue weighted by Gasteiger charge is -2.04. The molecule has 0 saturated heterocycles. The summed E-state index contributed by atoms with van der Waals surface area (Å²) in [6.07, 6.45) is 5.48. The minimum absolute atomic E-state index is 0.911. The van der Waals surface area contributed by atoms with Gasteiger partial charge in [0, 0.05) is 0 Å². The molecular formula is C13H14O. The lowest BCUT2D eigenvalue weighted by Crippen LogP contribution is -1.85. The molecule has 0 fully saturated rings. The predicted molar refractivity (Wildman–Crippen MR) is 59.3 cm³/mol. The van der Waals surface area contributed by atoms with E-state index in [1.54, 1.807) is 7.11 Å². The zero-order valence-electron chi connectivity index (χ0n) is 8.58. The molecule has 14 heavy (non-hydrogen) atoms. The van der Waals surface area contributed by atoms with Crippen LogP contribution in [0.25, 0.3) is 5.57 Å². The Kier molecular flexibility index (Phi) is 2.40. The van der Waals surface area contributed by atoms with E-state index in [0.717, 1.165) is 12.2 Å². The van der Waals surface area contributed by atoms with Crippen LogP contribution in [0.5, 0.6) is 5.75 Å². The monoisotopic (exact) mass is 186 g/mol. The van der Waals surface area contributed by atoms with Gasteiger partial charge in [-0.05, 0) is 36.6 Å². The van der Waals surface area contributed by atoms with Crippen LogP contribution in [0.4, 0.5) is 0 Å². The van der Waals surface area contributed by atoms with Crippen molar-refractivity contribution in [3.63, 3.8) is 0 Å². The first-order valence-corrected chi connectivity index (χ1v) is 4.82. The molecule has 0 amide bonds. The number of methoxy groups -OCH3 is 1. The summed E-state index contributed by atoms with van der Waals surface area (Å²) < 4.78 is 5.12. The van der Waals surface area contributed by atoms with Gasteiger partial charge in [-0.1, -0.05) is 29.9 Å². The van der Waals surface area contributed by atoms with Crippen LogP contribution in [0.15, 0.2) is 42.0 Å². The minimum Gasteiger partial charge on any atom is -0.497 e. The Morgan fingerprint density at radius 1 is 1.14 bits per heavy atom. The topological polar surface area (TPSA) is 9.23 Å². The van der Waals surface area contributed by atoms with Crippen LogP contribution in [0.1, 0.15) is 18.9 Å². The largest absolute Gasteiger partial charge is 0.497 e. The fourth-order valence-electron chi connectivity index (χ4n) is 1.72. The summed E-state index contributed by atoms with van der Waals surface area (Å²) in [5.41, 5.74) is 4.07. The van der Waals surface area contributed by atoms with Crippen LogP contribution in [0.3, 0.4) is 0 Å². The van der Waals surface area contributed by atoms with Gasteiger partial charge in [0.2, 0.25) is 0 Å². The summed E-state index contributed by atoms with van der Waals surface area (Å²) in [5, 5.41) is 0. The average Bonchev–Trinajstić information content (AvgIpc) is 2.65. The molecule has 1 aromatic rings. The van der Waals surface area contributed by atoms with Gasteiger partial charge in [0.25, 0.3) is 0 Å². The number of ether oxygens (including phenoxy) is 1. The molecule has 1 heteroatoms. The molecule has 0 atom stereocenters. The maximum atomic E-state index is 5.12. The molecule has 0 unspecified atom stereocenters. The highest BCUT2D eigenvalue weighted by atomic mass is 16.5. The van der Waals surface area contributed by atoms with E-state index in [2.05, 4.69) is 31.2 Å². The normalized spacial score (nSPS) is 15.0. The zero-order valence-corrected chi connectivity index (χ0v) is 8.58. The maximum Gasteiger partial charge on any atom is 0.118 e. The van der Waals surface area contributed by atoms with Gasteiger partial charge in [0.05, 0.1) is 7.11 Å². The molecule has 0 spiro atoms. The smallest absolute Gasteiger partial charge is 0.118 e. The first-order valence-electron chi connectivity index (χ1n) is 4.82. The quantitative estimate of drug-likeness (QED) is 0.687. The highest BCUT2D eigenvalue weighted by molar-refractivity contribution is 5.79. The van der Waals surface area contributed by atoms with Gasteiger partial charge in [0.1, 0.15) is 5.75 Å². The van der Waals surface area contributed by atoms with Gasteiger partial charge in [-0.2, -0.15) is 0 Å². The number of rotatable bonds is 2. The third-order valence-electron chi connectivity index (χ3n) is 2.57. The second-order valence-electron chi connectivity index (χ2n) is 3.53. The van der Waals surface area contributed by atoms with Gasteiger partial charge in [-0.25, -0.2) is 0 Å². The number of allylic oxidation sites excluding steroid dienone is 4. The van der Waals surface area contributed by atoms with Crippen LogP contribution in [0, 0.1) is 0 Å². The van der Waals surface area contributed by atoms with Gasteiger partial charge in [0.15, 0.2) is 0 Å². The van der Waals surface area contributed by atoms with Crippen molar-refractivity contribution >= 4 is 5.57 Å². The van der Waals surface area contributed by atoms with Crippen molar-refractivity contribution in [2.45, 2.75) is 13.3 Å². The van der Waals surface area contributed by atoms with Crippen molar-refractivity contribution in [1.82, 2.24) is 0 Å². The van der Waals surface area contributed by atoms with Crippen LogP contribution in [0.2, 0.25) is 0 Å². The lowest BCUT2D eigenvalue weighted by molar-refractivity contribution is 0.415. The molecule has 0 heterocycles. The summed E-state index contributed by atoms with van der Waals surface area (Å²) in [4.78, 5) is 0. The molecule has 0 aromatic heterocycles. The third-order valence-corrected chi connectivity index (χ3v) is 2.57. The molecule has 72 valence electrons. The predicted octanol–water partition coefficient (Wildman–Crippen LogP) is 3.43. The summed E-state index contributed by atoms with van der Waals surface area (Å²) >= 11 is 0. The van der Waals surface area contributed by atoms with E-state index in [1.807, 2.05) is 12.1 Å². The fourth-order valence-corrected chi connectivity index (χ4v) is 1.72. The van der Waals surface area contributed by atoms with E-state index < -0.39 is 0 Å². The van der Waals surface area contributed by atoms with Crippen LogP contribution >= 0.6 is 0 Å². The summed E-state index contributed by atoms with van der Waals surface area (Å²) in [6.45, 7) is 2.18.